The van der Waals surface area contributed by atoms with Gasteiger partial charge in [0.2, 0.25) is 0 Å². The maximum atomic E-state index is 11.9. The van der Waals surface area contributed by atoms with Gasteiger partial charge in [0.05, 0.1) is 18.2 Å². The maximum Gasteiger partial charge on any atom is 0.252 e. The van der Waals surface area contributed by atoms with Crippen molar-refractivity contribution in [1.29, 1.82) is 0 Å². The highest BCUT2D eigenvalue weighted by Gasteiger charge is 2.14. The van der Waals surface area contributed by atoms with Crippen molar-refractivity contribution in [3.05, 3.63) is 32.9 Å². The second kappa shape index (κ2) is 6.20. The highest BCUT2D eigenvalue weighted by molar-refractivity contribution is 14.1. The molecule has 0 aliphatic carbocycles. The van der Waals surface area contributed by atoms with E-state index in [1.54, 1.807) is 6.07 Å². The molecular weight excluding hydrogens is 317 g/mol. The molecule has 1 atom stereocenters. The molecule has 88 valence electrons. The average Bonchev–Trinajstić information content (AvgIpc) is 2.29. The summed E-state index contributed by atoms with van der Waals surface area (Å²) in [6, 6.07) is 5.48. The summed E-state index contributed by atoms with van der Waals surface area (Å²) in [4.78, 5) is 11.9. The van der Waals surface area contributed by atoms with Crippen molar-refractivity contribution in [2.45, 2.75) is 26.3 Å². The molecule has 0 radical (unpaired) electrons. The van der Waals surface area contributed by atoms with Crippen LogP contribution in [0.2, 0.25) is 0 Å². The Morgan fingerprint density at radius 3 is 2.81 bits per heavy atom. The van der Waals surface area contributed by atoms with E-state index in [9.17, 15) is 4.79 Å². The number of aliphatic hydroxyl groups is 1. The summed E-state index contributed by atoms with van der Waals surface area (Å²) in [6.45, 7) is 3.88. The number of rotatable bonds is 4. The van der Waals surface area contributed by atoms with Crippen molar-refractivity contribution < 1.29 is 9.90 Å². The molecule has 0 aliphatic rings. The van der Waals surface area contributed by atoms with Gasteiger partial charge in [-0.15, -0.1) is 0 Å². The Balaban J connectivity index is 2.84. The van der Waals surface area contributed by atoms with Gasteiger partial charge in [-0.05, 0) is 47.6 Å². The van der Waals surface area contributed by atoms with Crippen LogP contribution in [0.5, 0.6) is 0 Å². The number of hydrogen-bond donors (Lipinski definition) is 2. The van der Waals surface area contributed by atoms with Crippen LogP contribution in [0.4, 0.5) is 0 Å². The lowest BCUT2D eigenvalue weighted by Gasteiger charge is -2.15. The van der Waals surface area contributed by atoms with Gasteiger partial charge in [-0.2, -0.15) is 0 Å². The molecular formula is C12H16INO2. The second-order valence-electron chi connectivity index (χ2n) is 3.70. The van der Waals surface area contributed by atoms with E-state index >= 15 is 0 Å². The summed E-state index contributed by atoms with van der Waals surface area (Å²) >= 11 is 2.17. The molecule has 2 N–H and O–H groups in total. The Kier molecular flexibility index (Phi) is 5.21. The van der Waals surface area contributed by atoms with Crippen LogP contribution < -0.4 is 5.32 Å². The van der Waals surface area contributed by atoms with Crippen molar-refractivity contribution in [3.63, 3.8) is 0 Å². The molecule has 1 amide bonds. The molecule has 1 aromatic carbocycles. The number of aryl methyl sites for hydroxylation is 1. The van der Waals surface area contributed by atoms with E-state index in [4.69, 9.17) is 5.11 Å². The van der Waals surface area contributed by atoms with E-state index in [1.807, 2.05) is 26.0 Å². The quantitative estimate of drug-likeness (QED) is 0.829. The van der Waals surface area contributed by atoms with Gasteiger partial charge in [0.15, 0.2) is 0 Å². The molecule has 0 aliphatic heterocycles. The van der Waals surface area contributed by atoms with Crippen molar-refractivity contribution in [2.75, 3.05) is 6.61 Å². The van der Waals surface area contributed by atoms with Crippen LogP contribution in [0.25, 0.3) is 0 Å². The standard InChI is InChI=1S/C12H16INO2/c1-3-9(7-15)14-12(16)10-6-4-5-8(2)11(10)13/h4-6,9,15H,3,7H2,1-2H3,(H,14,16)/t9-/m1/s1. The van der Waals surface area contributed by atoms with Gasteiger partial charge in [-0.25, -0.2) is 0 Å². The number of nitrogens with one attached hydrogen (secondary N) is 1. The Bertz CT molecular complexity index is 375. The van der Waals surface area contributed by atoms with Gasteiger partial charge in [0.25, 0.3) is 5.91 Å². The van der Waals surface area contributed by atoms with Gasteiger partial charge in [-0.3, -0.25) is 4.79 Å². The molecule has 0 bridgehead atoms. The fourth-order valence-corrected chi connectivity index (χ4v) is 1.97. The minimum Gasteiger partial charge on any atom is -0.394 e. The molecule has 1 rings (SSSR count). The molecule has 0 saturated carbocycles. The predicted molar refractivity (Wildman–Crippen MR) is 72.5 cm³/mol. The lowest BCUT2D eigenvalue weighted by atomic mass is 10.1. The minimum absolute atomic E-state index is 0.0232. The molecule has 0 saturated heterocycles. The third-order valence-electron chi connectivity index (χ3n) is 2.48. The zero-order chi connectivity index (χ0) is 12.1. The molecule has 0 fully saturated rings. The fourth-order valence-electron chi connectivity index (χ4n) is 1.36. The lowest BCUT2D eigenvalue weighted by molar-refractivity contribution is 0.0914. The summed E-state index contributed by atoms with van der Waals surface area (Å²) in [5, 5.41) is 11.8. The van der Waals surface area contributed by atoms with Gasteiger partial charge in [-0.1, -0.05) is 19.1 Å². The normalized spacial score (nSPS) is 12.2. The summed E-state index contributed by atoms with van der Waals surface area (Å²) in [7, 11) is 0. The number of amides is 1. The van der Waals surface area contributed by atoms with Gasteiger partial charge in [0.1, 0.15) is 0 Å². The topological polar surface area (TPSA) is 49.3 Å². The Morgan fingerprint density at radius 1 is 1.56 bits per heavy atom. The van der Waals surface area contributed by atoms with Gasteiger partial charge < -0.3 is 10.4 Å². The van der Waals surface area contributed by atoms with E-state index in [0.717, 1.165) is 15.6 Å². The molecule has 0 spiro atoms. The first-order valence-electron chi connectivity index (χ1n) is 5.27. The number of carbonyl (C=O) groups is 1. The lowest BCUT2D eigenvalue weighted by Crippen LogP contribution is -2.37. The zero-order valence-corrected chi connectivity index (χ0v) is 11.6. The molecule has 4 heteroatoms. The number of carbonyl (C=O) groups excluding carboxylic acids is 1. The zero-order valence-electron chi connectivity index (χ0n) is 9.46. The molecule has 0 unspecified atom stereocenters. The van der Waals surface area contributed by atoms with Crippen molar-refractivity contribution in [3.8, 4) is 0 Å². The third kappa shape index (κ3) is 3.18. The van der Waals surface area contributed by atoms with E-state index in [0.29, 0.717) is 5.56 Å². The Morgan fingerprint density at radius 2 is 2.25 bits per heavy atom. The van der Waals surface area contributed by atoms with E-state index in [-0.39, 0.29) is 18.6 Å². The van der Waals surface area contributed by atoms with E-state index in [2.05, 4.69) is 27.9 Å². The van der Waals surface area contributed by atoms with Crippen molar-refractivity contribution in [1.82, 2.24) is 5.32 Å². The SMILES string of the molecule is CC[C@H](CO)NC(=O)c1cccc(C)c1I. The average molecular weight is 333 g/mol. The highest BCUT2D eigenvalue weighted by Crippen LogP contribution is 2.16. The number of hydrogen-bond acceptors (Lipinski definition) is 2. The second-order valence-corrected chi connectivity index (χ2v) is 4.78. The van der Waals surface area contributed by atoms with Gasteiger partial charge >= 0.3 is 0 Å². The largest absolute Gasteiger partial charge is 0.394 e. The summed E-state index contributed by atoms with van der Waals surface area (Å²) in [5.41, 5.74) is 1.76. The number of benzene rings is 1. The van der Waals surface area contributed by atoms with Crippen LogP contribution in [-0.2, 0) is 0 Å². The van der Waals surface area contributed by atoms with Crippen LogP contribution >= 0.6 is 22.6 Å². The van der Waals surface area contributed by atoms with Crippen molar-refractivity contribution >= 4 is 28.5 Å². The van der Waals surface area contributed by atoms with Crippen LogP contribution in [0.3, 0.4) is 0 Å². The smallest absolute Gasteiger partial charge is 0.252 e. The molecule has 0 heterocycles. The fraction of sp³-hybridized carbons (Fsp3) is 0.417. The van der Waals surface area contributed by atoms with Gasteiger partial charge in [0, 0.05) is 3.57 Å². The molecule has 16 heavy (non-hydrogen) atoms. The predicted octanol–water partition coefficient (Wildman–Crippen LogP) is 2.10. The summed E-state index contributed by atoms with van der Waals surface area (Å²) in [6.07, 6.45) is 0.727. The highest BCUT2D eigenvalue weighted by atomic mass is 127. The summed E-state index contributed by atoms with van der Waals surface area (Å²) in [5.74, 6) is -0.117. The first-order valence-corrected chi connectivity index (χ1v) is 6.34. The summed E-state index contributed by atoms with van der Waals surface area (Å²) < 4.78 is 0.963. The maximum absolute atomic E-state index is 11.9. The Labute approximate surface area is 109 Å². The van der Waals surface area contributed by atoms with Crippen LogP contribution in [0.1, 0.15) is 29.3 Å². The van der Waals surface area contributed by atoms with Crippen LogP contribution in [-0.4, -0.2) is 23.7 Å². The Hall–Kier alpha value is -0.620. The minimum atomic E-state index is -0.163. The third-order valence-corrected chi connectivity index (χ3v) is 3.92. The monoisotopic (exact) mass is 333 g/mol. The number of halogens is 1. The first kappa shape index (κ1) is 13.4. The van der Waals surface area contributed by atoms with Crippen LogP contribution in [0.15, 0.2) is 18.2 Å². The molecule has 0 aromatic heterocycles. The van der Waals surface area contributed by atoms with Crippen LogP contribution in [0, 0.1) is 10.5 Å². The first-order chi connectivity index (χ1) is 7.60. The molecule has 1 aromatic rings. The van der Waals surface area contributed by atoms with E-state index in [1.165, 1.54) is 0 Å². The van der Waals surface area contributed by atoms with E-state index < -0.39 is 0 Å². The van der Waals surface area contributed by atoms with Crippen molar-refractivity contribution in [2.24, 2.45) is 0 Å². The number of aliphatic hydroxyl groups excluding tert-OH is 1. The molecule has 3 nitrogen and oxygen atoms in total.